The highest BCUT2D eigenvalue weighted by Gasteiger charge is 2.31. The third kappa shape index (κ3) is 7.51. The van der Waals surface area contributed by atoms with Gasteiger partial charge < -0.3 is 10.6 Å². The van der Waals surface area contributed by atoms with Gasteiger partial charge in [-0.2, -0.15) is 13.2 Å². The van der Waals surface area contributed by atoms with Crippen LogP contribution in [0.25, 0.3) is 5.69 Å². The topological polar surface area (TPSA) is 88.9 Å². The lowest BCUT2D eigenvalue weighted by Crippen LogP contribution is -2.25. The Morgan fingerprint density at radius 2 is 1.61 bits per heavy atom. The first-order valence-corrected chi connectivity index (χ1v) is 13.5. The lowest BCUT2D eigenvalue weighted by Gasteiger charge is -2.19. The number of carbonyl (C=O) groups excluding carboxylic acids is 2. The molecule has 0 fully saturated rings. The summed E-state index contributed by atoms with van der Waals surface area (Å²) in [6, 6.07) is 17.3. The maximum Gasteiger partial charge on any atom is 0.416 e. The molecule has 41 heavy (non-hydrogen) atoms. The van der Waals surface area contributed by atoms with E-state index in [0.717, 1.165) is 29.5 Å². The van der Waals surface area contributed by atoms with Gasteiger partial charge in [0.2, 0.25) is 5.91 Å². The second-order valence-corrected chi connectivity index (χ2v) is 11.1. The number of para-hydroxylation sites is 1. The monoisotopic (exact) mass is 585 g/mol. The summed E-state index contributed by atoms with van der Waals surface area (Å²) in [5, 5.41) is 13.4. The molecule has 2 N–H and O–H groups in total. The van der Waals surface area contributed by atoms with Gasteiger partial charge in [-0.25, -0.2) is 4.39 Å². The van der Waals surface area contributed by atoms with E-state index in [0.29, 0.717) is 5.56 Å². The second-order valence-electron chi connectivity index (χ2n) is 10.1. The fourth-order valence-electron chi connectivity index (χ4n) is 3.85. The van der Waals surface area contributed by atoms with E-state index in [1.807, 2.05) is 12.1 Å². The van der Waals surface area contributed by atoms with Crippen molar-refractivity contribution in [3.63, 3.8) is 0 Å². The molecule has 0 saturated carbocycles. The van der Waals surface area contributed by atoms with Crippen molar-refractivity contribution in [1.29, 1.82) is 0 Å². The molecule has 0 atom stereocenters. The van der Waals surface area contributed by atoms with Crippen LogP contribution in [0.2, 0.25) is 0 Å². The fourth-order valence-corrected chi connectivity index (χ4v) is 4.62. The summed E-state index contributed by atoms with van der Waals surface area (Å²) in [7, 11) is 0. The van der Waals surface area contributed by atoms with Crippen LogP contribution in [0.4, 0.5) is 23.2 Å². The van der Waals surface area contributed by atoms with Gasteiger partial charge in [0.1, 0.15) is 5.82 Å². The van der Waals surface area contributed by atoms with Gasteiger partial charge in [-0.3, -0.25) is 14.2 Å². The summed E-state index contributed by atoms with van der Waals surface area (Å²) in [6.07, 6.45) is -4.59. The van der Waals surface area contributed by atoms with Crippen molar-refractivity contribution in [2.75, 3.05) is 11.1 Å². The van der Waals surface area contributed by atoms with Crippen molar-refractivity contribution >= 4 is 29.3 Å². The molecule has 4 rings (SSSR count). The van der Waals surface area contributed by atoms with E-state index in [9.17, 15) is 27.2 Å². The quantitative estimate of drug-likeness (QED) is 0.185. The number of halogens is 4. The summed E-state index contributed by atoms with van der Waals surface area (Å²) < 4.78 is 55.6. The third-order valence-electron chi connectivity index (χ3n) is 6.03. The normalized spacial score (nSPS) is 11.8. The number of amides is 2. The number of hydrogen-bond donors (Lipinski definition) is 2. The van der Waals surface area contributed by atoms with Gasteiger partial charge in [-0.05, 0) is 53.4 Å². The van der Waals surface area contributed by atoms with E-state index >= 15 is 0 Å². The predicted molar refractivity (Wildman–Crippen MR) is 148 cm³/mol. The third-order valence-corrected chi connectivity index (χ3v) is 6.96. The Hall–Kier alpha value is -4.19. The molecule has 0 radical (unpaired) electrons. The van der Waals surface area contributed by atoms with E-state index in [2.05, 4.69) is 41.6 Å². The van der Waals surface area contributed by atoms with Crippen molar-refractivity contribution < 1.29 is 27.2 Å². The number of rotatable bonds is 8. The number of carbonyl (C=O) groups is 2. The van der Waals surface area contributed by atoms with E-state index in [4.69, 9.17) is 0 Å². The lowest BCUT2D eigenvalue weighted by molar-refractivity contribution is -0.137. The van der Waals surface area contributed by atoms with Crippen LogP contribution >= 0.6 is 11.8 Å². The van der Waals surface area contributed by atoms with Crippen LogP contribution in [0.5, 0.6) is 0 Å². The Labute approximate surface area is 238 Å². The molecule has 12 heteroatoms. The number of thioether (sulfide) groups is 1. The van der Waals surface area contributed by atoms with E-state index in [1.165, 1.54) is 34.9 Å². The van der Waals surface area contributed by atoms with Crippen molar-refractivity contribution in [3.8, 4) is 5.69 Å². The molecular weight excluding hydrogens is 558 g/mol. The van der Waals surface area contributed by atoms with Gasteiger partial charge in [-0.15, -0.1) is 10.2 Å². The van der Waals surface area contributed by atoms with E-state index in [1.54, 1.807) is 18.2 Å². The number of anilines is 1. The zero-order valence-electron chi connectivity index (χ0n) is 22.4. The van der Waals surface area contributed by atoms with Crippen molar-refractivity contribution in [1.82, 2.24) is 20.1 Å². The van der Waals surface area contributed by atoms with Crippen LogP contribution < -0.4 is 10.6 Å². The first-order chi connectivity index (χ1) is 19.3. The molecule has 1 heterocycles. The largest absolute Gasteiger partial charge is 0.416 e. The molecular formula is C29H27F4N5O2S. The summed E-state index contributed by atoms with van der Waals surface area (Å²) in [4.78, 5) is 25.3. The standard InChI is InChI=1S/C29H27F4N5O2S/c1-28(2,3)19-13-11-18(12-14-19)26(40)34-16-24-36-37-27(38(24)21-8-6-7-20(15-21)29(31,32)33)41-17-25(39)35-23-10-5-4-9-22(23)30/h4-15H,16-17H2,1-3H3,(H,34,40)(H,35,39). The minimum atomic E-state index is -4.59. The minimum absolute atomic E-state index is 0.00335. The maximum atomic E-state index is 13.9. The highest BCUT2D eigenvalue weighted by atomic mass is 32.2. The molecule has 0 unspecified atom stereocenters. The van der Waals surface area contributed by atoms with Crippen molar-refractivity contribution in [3.05, 3.63) is 101 Å². The number of hydrogen-bond acceptors (Lipinski definition) is 5. The molecule has 2 amide bonds. The average Bonchev–Trinajstić information content (AvgIpc) is 3.34. The Bertz CT molecular complexity index is 1550. The van der Waals surface area contributed by atoms with Crippen LogP contribution in [-0.2, 0) is 22.9 Å². The first-order valence-electron chi connectivity index (χ1n) is 12.5. The molecule has 0 spiro atoms. The zero-order valence-corrected chi connectivity index (χ0v) is 23.2. The molecule has 0 bridgehead atoms. The molecule has 0 aliphatic rings. The summed E-state index contributed by atoms with van der Waals surface area (Å²) >= 11 is 0.905. The van der Waals surface area contributed by atoms with Crippen LogP contribution in [-0.4, -0.2) is 32.3 Å². The van der Waals surface area contributed by atoms with Gasteiger partial charge in [0.15, 0.2) is 11.0 Å². The van der Waals surface area contributed by atoms with E-state index < -0.39 is 29.4 Å². The van der Waals surface area contributed by atoms with Crippen LogP contribution in [0.1, 0.15) is 48.1 Å². The molecule has 3 aromatic carbocycles. The smallest absolute Gasteiger partial charge is 0.345 e. The molecule has 1 aromatic heterocycles. The Morgan fingerprint density at radius 3 is 2.27 bits per heavy atom. The minimum Gasteiger partial charge on any atom is -0.345 e. The molecule has 214 valence electrons. The van der Waals surface area contributed by atoms with Crippen LogP contribution in [0.15, 0.2) is 78.0 Å². The summed E-state index contributed by atoms with van der Waals surface area (Å²) in [5.74, 6) is -1.63. The Kier molecular flexibility index (Phi) is 8.81. The van der Waals surface area contributed by atoms with Crippen LogP contribution in [0, 0.1) is 5.82 Å². The molecule has 7 nitrogen and oxygen atoms in total. The zero-order chi connectivity index (χ0) is 29.8. The summed E-state index contributed by atoms with van der Waals surface area (Å²) in [5.41, 5.74) is 0.584. The van der Waals surface area contributed by atoms with Gasteiger partial charge >= 0.3 is 6.18 Å². The van der Waals surface area contributed by atoms with Gasteiger partial charge in [0, 0.05) is 5.56 Å². The summed E-state index contributed by atoms with van der Waals surface area (Å²) in [6.45, 7) is 6.02. The number of benzene rings is 3. The van der Waals surface area contributed by atoms with Gasteiger partial charge in [-0.1, -0.05) is 62.9 Å². The lowest BCUT2D eigenvalue weighted by atomic mass is 9.87. The van der Waals surface area contributed by atoms with Crippen molar-refractivity contribution in [2.45, 2.75) is 44.1 Å². The first kappa shape index (κ1) is 29.8. The number of aromatic nitrogens is 3. The number of nitrogens with zero attached hydrogens (tertiary/aromatic N) is 3. The fraction of sp³-hybridized carbons (Fsp3) is 0.241. The SMILES string of the molecule is CC(C)(C)c1ccc(C(=O)NCc2nnc(SCC(=O)Nc3ccccc3F)n2-c2cccc(C(F)(F)F)c2)cc1. The molecule has 0 aliphatic heterocycles. The van der Waals surface area contributed by atoms with Crippen LogP contribution in [0.3, 0.4) is 0 Å². The number of alkyl halides is 3. The van der Waals surface area contributed by atoms with E-state index in [-0.39, 0.29) is 40.1 Å². The Morgan fingerprint density at radius 1 is 0.902 bits per heavy atom. The van der Waals surface area contributed by atoms with Gasteiger partial charge in [0.25, 0.3) is 5.91 Å². The predicted octanol–water partition coefficient (Wildman–Crippen LogP) is 6.38. The number of nitrogens with one attached hydrogen (secondary N) is 2. The molecule has 4 aromatic rings. The van der Waals surface area contributed by atoms with Gasteiger partial charge in [0.05, 0.1) is 29.2 Å². The highest BCUT2D eigenvalue weighted by Crippen LogP contribution is 2.32. The molecule has 0 saturated heterocycles. The van der Waals surface area contributed by atoms with Crippen molar-refractivity contribution in [2.24, 2.45) is 0 Å². The Balaban J connectivity index is 1.56. The second kappa shape index (κ2) is 12.1. The highest BCUT2D eigenvalue weighted by molar-refractivity contribution is 7.99. The average molecular weight is 586 g/mol. The maximum absolute atomic E-state index is 13.9. The molecule has 0 aliphatic carbocycles.